The highest BCUT2D eigenvalue weighted by Gasteiger charge is 2.29. The highest BCUT2D eigenvalue weighted by atomic mass is 16.3. The molecule has 0 amide bonds. The van der Waals surface area contributed by atoms with Crippen molar-refractivity contribution in [1.82, 2.24) is 19.7 Å². The Bertz CT molecular complexity index is 825. The van der Waals surface area contributed by atoms with Crippen molar-refractivity contribution in [2.24, 2.45) is 0 Å². The highest BCUT2D eigenvalue weighted by molar-refractivity contribution is 5.41. The van der Waals surface area contributed by atoms with E-state index in [9.17, 15) is 5.11 Å². The van der Waals surface area contributed by atoms with Crippen LogP contribution in [0.25, 0.3) is 5.69 Å². The van der Waals surface area contributed by atoms with Crippen LogP contribution in [0, 0.1) is 0 Å². The summed E-state index contributed by atoms with van der Waals surface area (Å²) in [4.78, 5) is 10.9. The minimum absolute atomic E-state index is 0.172. The van der Waals surface area contributed by atoms with E-state index in [-0.39, 0.29) is 6.10 Å². The van der Waals surface area contributed by atoms with Gasteiger partial charge in [0, 0.05) is 43.7 Å². The highest BCUT2D eigenvalue weighted by Crippen LogP contribution is 2.36. The van der Waals surface area contributed by atoms with Crippen molar-refractivity contribution in [2.45, 2.75) is 31.4 Å². The van der Waals surface area contributed by atoms with Crippen LogP contribution in [-0.2, 0) is 6.54 Å². The molecule has 128 valence electrons. The molecule has 4 rings (SSSR count). The SMILES string of the molecule is CN(Cc1ccc(-n2cccn2)cc1)c1cc(C2CC(O)C2)ncn1. The molecule has 3 aromatic rings. The van der Waals surface area contributed by atoms with Gasteiger partial charge in [-0.3, -0.25) is 0 Å². The second-order valence-electron chi connectivity index (χ2n) is 6.60. The standard InChI is InChI=1S/C19H21N5O/c1-23(19-11-18(20-13-21-19)15-9-17(25)10-15)12-14-3-5-16(6-4-14)24-8-2-7-22-24/h2-8,11,13,15,17,25H,9-10,12H2,1H3. The molecule has 1 aliphatic carbocycles. The fourth-order valence-electron chi connectivity index (χ4n) is 3.15. The number of benzene rings is 1. The zero-order valence-electron chi connectivity index (χ0n) is 14.2. The number of hydrogen-bond donors (Lipinski definition) is 1. The maximum absolute atomic E-state index is 9.48. The number of aliphatic hydroxyl groups excluding tert-OH is 1. The summed E-state index contributed by atoms with van der Waals surface area (Å²) >= 11 is 0. The van der Waals surface area contributed by atoms with Gasteiger partial charge in [-0.15, -0.1) is 0 Å². The Hall–Kier alpha value is -2.73. The van der Waals surface area contributed by atoms with Gasteiger partial charge in [-0.05, 0) is 36.6 Å². The van der Waals surface area contributed by atoms with E-state index >= 15 is 0 Å². The quantitative estimate of drug-likeness (QED) is 0.776. The molecule has 2 heterocycles. The van der Waals surface area contributed by atoms with Crippen LogP contribution in [0.5, 0.6) is 0 Å². The molecule has 0 spiro atoms. The average molecular weight is 335 g/mol. The molecule has 0 aliphatic heterocycles. The van der Waals surface area contributed by atoms with E-state index in [0.717, 1.165) is 36.6 Å². The Morgan fingerprint density at radius 3 is 2.68 bits per heavy atom. The maximum Gasteiger partial charge on any atom is 0.132 e. The summed E-state index contributed by atoms with van der Waals surface area (Å²) in [5, 5.41) is 13.7. The number of hydrogen-bond acceptors (Lipinski definition) is 5. The van der Waals surface area contributed by atoms with Crippen LogP contribution < -0.4 is 4.90 Å². The first-order valence-electron chi connectivity index (χ1n) is 8.49. The van der Waals surface area contributed by atoms with Gasteiger partial charge in [0.1, 0.15) is 12.1 Å². The van der Waals surface area contributed by atoms with Crippen LogP contribution in [0.4, 0.5) is 5.82 Å². The van der Waals surface area contributed by atoms with Crippen LogP contribution in [0.2, 0.25) is 0 Å². The van der Waals surface area contributed by atoms with E-state index in [4.69, 9.17) is 0 Å². The predicted octanol–water partition coefficient (Wildman–Crippen LogP) is 2.54. The smallest absolute Gasteiger partial charge is 0.132 e. The van der Waals surface area contributed by atoms with Gasteiger partial charge in [-0.25, -0.2) is 14.6 Å². The number of rotatable bonds is 5. The number of anilines is 1. The lowest BCUT2D eigenvalue weighted by Crippen LogP contribution is -2.27. The Morgan fingerprint density at radius 1 is 1.20 bits per heavy atom. The summed E-state index contributed by atoms with van der Waals surface area (Å²) in [5.41, 5.74) is 3.28. The van der Waals surface area contributed by atoms with Crippen molar-refractivity contribution in [3.05, 3.63) is 66.4 Å². The monoisotopic (exact) mass is 335 g/mol. The molecule has 2 aromatic heterocycles. The molecule has 0 atom stereocenters. The average Bonchev–Trinajstić information content (AvgIpc) is 3.14. The van der Waals surface area contributed by atoms with Gasteiger partial charge in [0.25, 0.3) is 0 Å². The van der Waals surface area contributed by atoms with Crippen LogP contribution in [0.3, 0.4) is 0 Å². The fourth-order valence-corrected chi connectivity index (χ4v) is 3.15. The summed E-state index contributed by atoms with van der Waals surface area (Å²) in [5.74, 6) is 1.26. The van der Waals surface area contributed by atoms with Gasteiger partial charge in [0.2, 0.25) is 0 Å². The molecular formula is C19H21N5O. The summed E-state index contributed by atoms with van der Waals surface area (Å²) in [6.45, 7) is 0.767. The predicted molar refractivity (Wildman–Crippen MR) is 95.7 cm³/mol. The second kappa shape index (κ2) is 6.64. The second-order valence-corrected chi connectivity index (χ2v) is 6.60. The third kappa shape index (κ3) is 3.39. The van der Waals surface area contributed by atoms with E-state index in [1.165, 1.54) is 5.56 Å². The fraction of sp³-hybridized carbons (Fsp3) is 0.316. The minimum Gasteiger partial charge on any atom is -0.393 e. The minimum atomic E-state index is -0.172. The Morgan fingerprint density at radius 2 is 2.00 bits per heavy atom. The zero-order chi connectivity index (χ0) is 17.2. The molecule has 0 saturated heterocycles. The van der Waals surface area contributed by atoms with Crippen LogP contribution in [-0.4, -0.2) is 38.0 Å². The molecule has 0 unspecified atom stereocenters. The first-order valence-corrected chi connectivity index (χ1v) is 8.49. The lowest BCUT2D eigenvalue weighted by atomic mass is 9.80. The number of nitrogens with zero attached hydrogens (tertiary/aromatic N) is 5. The lowest BCUT2D eigenvalue weighted by Gasteiger charge is -2.31. The normalized spacial score (nSPS) is 19.4. The molecule has 0 bridgehead atoms. The van der Waals surface area contributed by atoms with Gasteiger partial charge in [0.15, 0.2) is 0 Å². The summed E-state index contributed by atoms with van der Waals surface area (Å²) < 4.78 is 1.84. The van der Waals surface area contributed by atoms with Gasteiger partial charge in [0.05, 0.1) is 11.8 Å². The van der Waals surface area contributed by atoms with Gasteiger partial charge < -0.3 is 10.0 Å². The first kappa shape index (κ1) is 15.8. The van der Waals surface area contributed by atoms with E-state index in [0.29, 0.717) is 5.92 Å². The summed E-state index contributed by atoms with van der Waals surface area (Å²) in [7, 11) is 2.03. The zero-order valence-corrected chi connectivity index (χ0v) is 14.2. The maximum atomic E-state index is 9.48. The Kier molecular flexibility index (Phi) is 4.19. The molecule has 1 saturated carbocycles. The first-order chi connectivity index (χ1) is 12.2. The Labute approximate surface area is 146 Å². The third-order valence-corrected chi connectivity index (χ3v) is 4.72. The van der Waals surface area contributed by atoms with E-state index in [1.54, 1.807) is 12.5 Å². The third-order valence-electron chi connectivity index (χ3n) is 4.72. The lowest BCUT2D eigenvalue weighted by molar-refractivity contribution is 0.0732. The van der Waals surface area contributed by atoms with Crippen molar-refractivity contribution < 1.29 is 5.11 Å². The van der Waals surface area contributed by atoms with Crippen molar-refractivity contribution in [1.29, 1.82) is 0 Å². The van der Waals surface area contributed by atoms with Gasteiger partial charge in [-0.1, -0.05) is 12.1 Å². The van der Waals surface area contributed by atoms with Crippen LogP contribution in [0.1, 0.15) is 30.0 Å². The van der Waals surface area contributed by atoms with Crippen molar-refractivity contribution in [3.8, 4) is 5.69 Å². The largest absolute Gasteiger partial charge is 0.393 e. The topological polar surface area (TPSA) is 67.1 Å². The molecule has 1 N–H and O–H groups in total. The summed E-state index contributed by atoms with van der Waals surface area (Å²) in [6, 6.07) is 12.3. The van der Waals surface area contributed by atoms with Crippen LogP contribution in [0.15, 0.2) is 55.1 Å². The molecule has 1 fully saturated rings. The molecule has 0 radical (unpaired) electrons. The van der Waals surface area contributed by atoms with Crippen molar-refractivity contribution in [3.63, 3.8) is 0 Å². The van der Waals surface area contributed by atoms with Crippen LogP contribution >= 0.6 is 0 Å². The van der Waals surface area contributed by atoms with Crippen molar-refractivity contribution >= 4 is 5.82 Å². The molecule has 25 heavy (non-hydrogen) atoms. The molecule has 1 aliphatic rings. The molecule has 6 nitrogen and oxygen atoms in total. The molecular weight excluding hydrogens is 314 g/mol. The van der Waals surface area contributed by atoms with Crippen molar-refractivity contribution in [2.75, 3.05) is 11.9 Å². The molecule has 1 aromatic carbocycles. The Balaban J connectivity index is 1.45. The van der Waals surface area contributed by atoms with Gasteiger partial charge >= 0.3 is 0 Å². The van der Waals surface area contributed by atoms with Gasteiger partial charge in [-0.2, -0.15) is 5.10 Å². The van der Waals surface area contributed by atoms with E-state index in [2.05, 4.69) is 44.2 Å². The molecule has 6 heteroatoms. The number of aliphatic hydroxyl groups is 1. The number of aromatic nitrogens is 4. The van der Waals surface area contributed by atoms with E-state index in [1.807, 2.05) is 30.1 Å². The summed E-state index contributed by atoms with van der Waals surface area (Å²) in [6.07, 6.45) is 6.75. The van der Waals surface area contributed by atoms with E-state index < -0.39 is 0 Å².